The van der Waals surface area contributed by atoms with Crippen LogP contribution in [0.3, 0.4) is 0 Å². The summed E-state index contributed by atoms with van der Waals surface area (Å²) in [6, 6.07) is 7.21. The first-order valence-electron chi connectivity index (χ1n) is 8.77. The van der Waals surface area contributed by atoms with Crippen LogP contribution in [0.1, 0.15) is 15.9 Å². The number of carbonyl (C=O) groups excluding carboxylic acids is 1. The molecule has 0 spiro atoms. The van der Waals surface area contributed by atoms with Crippen molar-refractivity contribution in [3.63, 3.8) is 0 Å². The van der Waals surface area contributed by atoms with E-state index in [2.05, 4.69) is 30.4 Å². The third kappa shape index (κ3) is 4.08. The van der Waals surface area contributed by atoms with Gasteiger partial charge in [-0.05, 0) is 17.7 Å². The van der Waals surface area contributed by atoms with E-state index in [1.54, 1.807) is 47.8 Å². The second-order valence-electron chi connectivity index (χ2n) is 6.05. The van der Waals surface area contributed by atoms with E-state index >= 15 is 0 Å². The number of methoxy groups -OCH3 is 1. The smallest absolute Gasteiger partial charge is 0.256 e. The highest BCUT2D eigenvalue weighted by molar-refractivity contribution is 5.96. The molecule has 0 saturated heterocycles. The molecule has 0 bridgehead atoms. The highest BCUT2D eigenvalue weighted by Gasteiger charge is 2.14. The number of nitrogens with zero attached hydrogens (tertiary/aromatic N) is 6. The van der Waals surface area contributed by atoms with Crippen molar-refractivity contribution in [3.8, 4) is 22.8 Å². The number of carbonyl (C=O) groups is 1. The van der Waals surface area contributed by atoms with Gasteiger partial charge in [0.2, 0.25) is 0 Å². The number of pyridine rings is 2. The lowest BCUT2D eigenvalue weighted by Gasteiger charge is -2.11. The lowest BCUT2D eigenvalue weighted by Crippen LogP contribution is -2.23. The average Bonchev–Trinajstić information content (AvgIpc) is 3.33. The minimum atomic E-state index is -0.290. The van der Waals surface area contributed by atoms with Crippen molar-refractivity contribution in [1.29, 1.82) is 0 Å². The summed E-state index contributed by atoms with van der Waals surface area (Å²) in [6.45, 7) is 0.321. The van der Waals surface area contributed by atoms with Crippen LogP contribution in [0.2, 0.25) is 0 Å². The molecule has 0 aliphatic carbocycles. The predicted octanol–water partition coefficient (Wildman–Crippen LogP) is 2.06. The quantitative estimate of drug-likeness (QED) is 0.539. The summed E-state index contributed by atoms with van der Waals surface area (Å²) in [5.41, 5.74) is 2.80. The monoisotopic (exact) mass is 387 g/mol. The Balaban J connectivity index is 1.44. The van der Waals surface area contributed by atoms with Crippen LogP contribution in [0.15, 0.2) is 67.8 Å². The first-order chi connectivity index (χ1) is 14.2. The number of rotatable bonds is 6. The zero-order valence-electron chi connectivity index (χ0n) is 15.6. The molecule has 4 rings (SSSR count). The highest BCUT2D eigenvalue weighted by Crippen LogP contribution is 2.20. The van der Waals surface area contributed by atoms with Crippen molar-refractivity contribution in [2.24, 2.45) is 0 Å². The predicted molar refractivity (Wildman–Crippen MR) is 104 cm³/mol. The van der Waals surface area contributed by atoms with Crippen molar-refractivity contribution in [3.05, 3.63) is 78.9 Å². The van der Waals surface area contributed by atoms with Gasteiger partial charge < -0.3 is 10.1 Å². The van der Waals surface area contributed by atoms with E-state index < -0.39 is 0 Å². The van der Waals surface area contributed by atoms with E-state index in [1.165, 1.54) is 19.6 Å². The zero-order chi connectivity index (χ0) is 20.1. The summed E-state index contributed by atoms with van der Waals surface area (Å²) >= 11 is 0. The Bertz CT molecular complexity index is 1100. The van der Waals surface area contributed by atoms with Crippen LogP contribution in [0.4, 0.5) is 0 Å². The standard InChI is InChI=1S/C20H17N7O2/c1-29-18-7-19(27-6-2-5-26-27)24-12-16(18)20(28)25-9-14-3-4-17(23-8-14)15-10-21-13-22-11-15/h2-8,10-13H,9H2,1H3,(H,25,28). The van der Waals surface area contributed by atoms with E-state index in [9.17, 15) is 4.79 Å². The lowest BCUT2D eigenvalue weighted by molar-refractivity contribution is 0.0947. The van der Waals surface area contributed by atoms with E-state index in [4.69, 9.17) is 4.74 Å². The molecule has 0 aromatic carbocycles. The van der Waals surface area contributed by atoms with E-state index in [0.29, 0.717) is 23.7 Å². The van der Waals surface area contributed by atoms with Gasteiger partial charge in [0.05, 0.1) is 18.4 Å². The molecule has 4 aromatic heterocycles. The Hall–Kier alpha value is -4.14. The van der Waals surface area contributed by atoms with Gasteiger partial charge in [-0.15, -0.1) is 0 Å². The molecule has 29 heavy (non-hydrogen) atoms. The van der Waals surface area contributed by atoms with Crippen LogP contribution in [-0.4, -0.2) is 42.7 Å². The number of ether oxygens (including phenoxy) is 1. The number of nitrogens with one attached hydrogen (secondary N) is 1. The molecule has 4 heterocycles. The van der Waals surface area contributed by atoms with Crippen molar-refractivity contribution in [2.75, 3.05) is 7.11 Å². The number of aromatic nitrogens is 6. The molecule has 9 heteroatoms. The molecule has 0 fully saturated rings. The van der Waals surface area contributed by atoms with Crippen LogP contribution in [0, 0.1) is 0 Å². The number of amides is 1. The largest absolute Gasteiger partial charge is 0.496 e. The van der Waals surface area contributed by atoms with E-state index in [0.717, 1.165) is 16.8 Å². The SMILES string of the molecule is COc1cc(-n2cccn2)ncc1C(=O)NCc1ccc(-c2cncnc2)nc1. The molecule has 0 radical (unpaired) electrons. The summed E-state index contributed by atoms with van der Waals surface area (Å²) < 4.78 is 6.95. The van der Waals surface area contributed by atoms with Gasteiger partial charge in [-0.2, -0.15) is 5.10 Å². The van der Waals surface area contributed by atoms with Gasteiger partial charge in [0, 0.05) is 55.4 Å². The normalized spacial score (nSPS) is 10.5. The Morgan fingerprint density at radius 1 is 1.14 bits per heavy atom. The van der Waals surface area contributed by atoms with Gasteiger partial charge in [0.25, 0.3) is 5.91 Å². The molecule has 0 aliphatic heterocycles. The first-order valence-corrected chi connectivity index (χ1v) is 8.77. The Morgan fingerprint density at radius 3 is 2.69 bits per heavy atom. The van der Waals surface area contributed by atoms with Crippen molar-refractivity contribution < 1.29 is 9.53 Å². The number of hydrogen-bond donors (Lipinski definition) is 1. The molecule has 9 nitrogen and oxygen atoms in total. The summed E-state index contributed by atoms with van der Waals surface area (Å²) in [4.78, 5) is 29.2. The molecule has 0 atom stereocenters. The van der Waals surface area contributed by atoms with E-state index in [1.807, 2.05) is 12.1 Å². The van der Waals surface area contributed by atoms with Gasteiger partial charge in [-0.25, -0.2) is 19.6 Å². The fourth-order valence-electron chi connectivity index (χ4n) is 2.70. The van der Waals surface area contributed by atoms with Crippen LogP contribution in [0.5, 0.6) is 5.75 Å². The second-order valence-corrected chi connectivity index (χ2v) is 6.05. The Kier molecular flexibility index (Phi) is 5.19. The molecule has 0 saturated carbocycles. The maximum Gasteiger partial charge on any atom is 0.256 e. The molecule has 1 amide bonds. The van der Waals surface area contributed by atoms with Crippen molar-refractivity contribution in [2.45, 2.75) is 6.54 Å². The van der Waals surface area contributed by atoms with Crippen molar-refractivity contribution in [1.82, 2.24) is 35.0 Å². The van der Waals surface area contributed by atoms with Crippen LogP contribution < -0.4 is 10.1 Å². The fraction of sp³-hybridized carbons (Fsp3) is 0.100. The third-order valence-electron chi connectivity index (χ3n) is 4.19. The molecule has 0 aliphatic rings. The lowest BCUT2D eigenvalue weighted by atomic mass is 10.2. The molecular weight excluding hydrogens is 370 g/mol. The van der Waals surface area contributed by atoms with Gasteiger partial charge in [0.1, 0.15) is 12.1 Å². The fourth-order valence-corrected chi connectivity index (χ4v) is 2.70. The average molecular weight is 387 g/mol. The second kappa shape index (κ2) is 8.26. The summed E-state index contributed by atoms with van der Waals surface area (Å²) in [6.07, 6.45) is 11.5. The number of hydrogen-bond acceptors (Lipinski definition) is 7. The van der Waals surface area contributed by atoms with Crippen LogP contribution in [-0.2, 0) is 6.54 Å². The Labute approximate surface area is 166 Å². The topological polar surface area (TPSA) is 108 Å². The first kappa shape index (κ1) is 18.2. The minimum Gasteiger partial charge on any atom is -0.496 e. The Morgan fingerprint density at radius 2 is 2.00 bits per heavy atom. The summed E-state index contributed by atoms with van der Waals surface area (Å²) in [5, 5.41) is 6.98. The molecule has 4 aromatic rings. The molecule has 0 unspecified atom stereocenters. The minimum absolute atomic E-state index is 0.290. The summed E-state index contributed by atoms with van der Waals surface area (Å²) in [7, 11) is 1.51. The summed E-state index contributed by atoms with van der Waals surface area (Å²) in [5.74, 6) is 0.690. The highest BCUT2D eigenvalue weighted by atomic mass is 16.5. The zero-order valence-corrected chi connectivity index (χ0v) is 15.6. The van der Waals surface area contributed by atoms with Crippen LogP contribution >= 0.6 is 0 Å². The maximum absolute atomic E-state index is 12.6. The van der Waals surface area contributed by atoms with Gasteiger partial charge in [-0.3, -0.25) is 9.78 Å². The van der Waals surface area contributed by atoms with Gasteiger partial charge in [-0.1, -0.05) is 6.07 Å². The maximum atomic E-state index is 12.6. The molecular formula is C20H17N7O2. The van der Waals surface area contributed by atoms with Gasteiger partial charge in [0.15, 0.2) is 5.82 Å². The van der Waals surface area contributed by atoms with Crippen molar-refractivity contribution >= 4 is 5.91 Å². The molecule has 144 valence electrons. The van der Waals surface area contributed by atoms with Crippen LogP contribution in [0.25, 0.3) is 17.1 Å². The molecule has 1 N–H and O–H groups in total. The van der Waals surface area contributed by atoms with E-state index in [-0.39, 0.29) is 5.91 Å². The van der Waals surface area contributed by atoms with Gasteiger partial charge >= 0.3 is 0 Å². The third-order valence-corrected chi connectivity index (χ3v) is 4.19.